The van der Waals surface area contributed by atoms with E-state index >= 15 is 0 Å². The van der Waals surface area contributed by atoms with Crippen LogP contribution in [0, 0.1) is 5.92 Å². The number of nitrogens with zero attached hydrogens (tertiary/aromatic N) is 4. The third-order valence-corrected chi connectivity index (χ3v) is 3.57. The van der Waals surface area contributed by atoms with E-state index in [2.05, 4.69) is 38.7 Å². The average molecular weight is 277 g/mol. The minimum absolute atomic E-state index is 0.240. The first-order valence-electron chi connectivity index (χ1n) is 7.19. The van der Waals surface area contributed by atoms with E-state index in [0.29, 0.717) is 12.0 Å². The van der Waals surface area contributed by atoms with Gasteiger partial charge in [0.15, 0.2) is 11.5 Å². The highest BCUT2D eigenvalue weighted by Crippen LogP contribution is 2.23. The lowest BCUT2D eigenvalue weighted by molar-refractivity contribution is 0.223. The molecule has 6 heteroatoms. The van der Waals surface area contributed by atoms with E-state index in [0.717, 1.165) is 36.4 Å². The highest BCUT2D eigenvalue weighted by molar-refractivity contribution is 5.82. The molecule has 6 nitrogen and oxygen atoms in total. The maximum Gasteiger partial charge on any atom is 0.165 e. The van der Waals surface area contributed by atoms with Crippen LogP contribution in [0.25, 0.3) is 11.2 Å². The van der Waals surface area contributed by atoms with Crippen LogP contribution in [0.15, 0.2) is 12.7 Å². The Morgan fingerprint density at radius 3 is 2.75 bits per heavy atom. The lowest BCUT2D eigenvalue weighted by Gasteiger charge is -2.16. The number of imidazole rings is 1. The quantitative estimate of drug-likeness (QED) is 0.811. The van der Waals surface area contributed by atoms with Gasteiger partial charge in [0.25, 0.3) is 0 Å². The zero-order valence-corrected chi connectivity index (χ0v) is 12.4. The molecule has 110 valence electrons. The van der Waals surface area contributed by atoms with E-state index in [9.17, 15) is 0 Å². The van der Waals surface area contributed by atoms with E-state index in [4.69, 9.17) is 5.11 Å². The molecule has 0 saturated carbocycles. The van der Waals surface area contributed by atoms with Crippen LogP contribution in [-0.4, -0.2) is 37.8 Å². The summed E-state index contributed by atoms with van der Waals surface area (Å²) in [5, 5.41) is 12.3. The standard InChI is InChI=1S/C14H23N5O/c1-4-15-13-12-14(17-8-16-13)19(9-18-12)11(3)6-5-10(2)7-20/h8-11,20H,4-7H2,1-3H3,(H,15,16,17). The molecule has 2 rings (SSSR count). The maximum atomic E-state index is 9.10. The van der Waals surface area contributed by atoms with E-state index in [-0.39, 0.29) is 6.61 Å². The number of anilines is 1. The molecule has 2 atom stereocenters. The molecule has 2 aromatic rings. The summed E-state index contributed by atoms with van der Waals surface area (Å²) < 4.78 is 2.09. The number of rotatable bonds is 7. The lowest BCUT2D eigenvalue weighted by atomic mass is 10.0. The summed E-state index contributed by atoms with van der Waals surface area (Å²) in [6.07, 6.45) is 5.38. The topological polar surface area (TPSA) is 75.9 Å². The number of aliphatic hydroxyl groups is 1. The molecule has 0 saturated heterocycles. The molecule has 20 heavy (non-hydrogen) atoms. The first kappa shape index (κ1) is 14.7. The van der Waals surface area contributed by atoms with Gasteiger partial charge in [-0.3, -0.25) is 0 Å². The first-order chi connectivity index (χ1) is 9.67. The Hall–Kier alpha value is -1.69. The van der Waals surface area contributed by atoms with Gasteiger partial charge < -0.3 is 15.0 Å². The predicted octanol–water partition coefficient (Wildman–Crippen LogP) is 2.23. The zero-order valence-electron chi connectivity index (χ0n) is 12.4. The highest BCUT2D eigenvalue weighted by Gasteiger charge is 2.14. The van der Waals surface area contributed by atoms with E-state index < -0.39 is 0 Å². The highest BCUT2D eigenvalue weighted by atomic mass is 16.3. The van der Waals surface area contributed by atoms with Gasteiger partial charge in [0.1, 0.15) is 11.8 Å². The minimum atomic E-state index is 0.240. The molecule has 2 heterocycles. The van der Waals surface area contributed by atoms with Gasteiger partial charge in [-0.05, 0) is 32.6 Å². The molecule has 0 bridgehead atoms. The second kappa shape index (κ2) is 6.65. The summed E-state index contributed by atoms with van der Waals surface area (Å²) in [5.74, 6) is 1.12. The van der Waals surface area contributed by atoms with Crippen LogP contribution in [-0.2, 0) is 0 Å². The van der Waals surface area contributed by atoms with Crippen LogP contribution in [0.5, 0.6) is 0 Å². The molecule has 0 radical (unpaired) electrons. The minimum Gasteiger partial charge on any atom is -0.396 e. The summed E-state index contributed by atoms with van der Waals surface area (Å²) in [7, 11) is 0. The second-order valence-electron chi connectivity index (χ2n) is 5.29. The van der Waals surface area contributed by atoms with Crippen molar-refractivity contribution in [3.05, 3.63) is 12.7 Å². The van der Waals surface area contributed by atoms with Crippen molar-refractivity contribution < 1.29 is 5.11 Å². The third-order valence-electron chi connectivity index (χ3n) is 3.57. The Bertz CT molecular complexity index is 553. The van der Waals surface area contributed by atoms with E-state index in [1.165, 1.54) is 0 Å². The van der Waals surface area contributed by atoms with Crippen LogP contribution >= 0.6 is 0 Å². The van der Waals surface area contributed by atoms with Crippen molar-refractivity contribution in [3.63, 3.8) is 0 Å². The zero-order chi connectivity index (χ0) is 14.5. The van der Waals surface area contributed by atoms with Crippen molar-refractivity contribution in [3.8, 4) is 0 Å². The van der Waals surface area contributed by atoms with Crippen LogP contribution in [0.3, 0.4) is 0 Å². The average Bonchev–Trinajstić information content (AvgIpc) is 2.89. The summed E-state index contributed by atoms with van der Waals surface area (Å²) in [5.41, 5.74) is 1.68. The molecule has 0 aliphatic rings. The van der Waals surface area contributed by atoms with Crippen molar-refractivity contribution in [2.45, 2.75) is 39.7 Å². The molecule has 0 aromatic carbocycles. The van der Waals surface area contributed by atoms with Gasteiger partial charge in [-0.2, -0.15) is 0 Å². The molecular weight excluding hydrogens is 254 g/mol. The van der Waals surface area contributed by atoms with Crippen molar-refractivity contribution in [1.29, 1.82) is 0 Å². The SMILES string of the molecule is CCNc1ncnc2c1ncn2C(C)CCC(C)CO. The van der Waals surface area contributed by atoms with E-state index in [1.54, 1.807) is 6.33 Å². The fraction of sp³-hybridized carbons (Fsp3) is 0.643. The summed E-state index contributed by atoms with van der Waals surface area (Å²) >= 11 is 0. The summed E-state index contributed by atoms with van der Waals surface area (Å²) in [4.78, 5) is 13.0. The number of aliphatic hydroxyl groups excluding tert-OH is 1. The van der Waals surface area contributed by atoms with Crippen molar-refractivity contribution in [2.24, 2.45) is 5.92 Å². The van der Waals surface area contributed by atoms with Gasteiger partial charge in [-0.1, -0.05) is 6.92 Å². The predicted molar refractivity (Wildman–Crippen MR) is 79.7 cm³/mol. The number of hydrogen-bond donors (Lipinski definition) is 2. The number of fused-ring (bicyclic) bond motifs is 1. The molecule has 0 aliphatic carbocycles. The third kappa shape index (κ3) is 3.07. The molecule has 0 fully saturated rings. The molecule has 0 aliphatic heterocycles. The van der Waals surface area contributed by atoms with Gasteiger partial charge in [0.05, 0.1) is 6.33 Å². The normalized spacial score (nSPS) is 14.4. The van der Waals surface area contributed by atoms with Crippen LogP contribution in [0.4, 0.5) is 5.82 Å². The largest absolute Gasteiger partial charge is 0.396 e. The summed E-state index contributed by atoms with van der Waals surface area (Å²) in [6, 6.07) is 0.304. The Morgan fingerprint density at radius 1 is 1.25 bits per heavy atom. The van der Waals surface area contributed by atoms with Gasteiger partial charge >= 0.3 is 0 Å². The Labute approximate surface area is 119 Å². The van der Waals surface area contributed by atoms with Crippen molar-refractivity contribution in [2.75, 3.05) is 18.5 Å². The first-order valence-corrected chi connectivity index (χ1v) is 7.19. The lowest BCUT2D eigenvalue weighted by Crippen LogP contribution is -2.09. The van der Waals surface area contributed by atoms with Crippen molar-refractivity contribution >= 4 is 17.0 Å². The maximum absolute atomic E-state index is 9.10. The van der Waals surface area contributed by atoms with Crippen LogP contribution < -0.4 is 5.32 Å². The molecule has 2 aromatic heterocycles. The fourth-order valence-electron chi connectivity index (χ4n) is 2.23. The molecule has 0 spiro atoms. The van der Waals surface area contributed by atoms with Gasteiger partial charge in [-0.15, -0.1) is 0 Å². The van der Waals surface area contributed by atoms with Gasteiger partial charge in [0.2, 0.25) is 0 Å². The van der Waals surface area contributed by atoms with Gasteiger partial charge in [0, 0.05) is 19.2 Å². The van der Waals surface area contributed by atoms with E-state index in [1.807, 2.05) is 13.3 Å². The number of hydrogen-bond acceptors (Lipinski definition) is 5. The molecule has 2 N–H and O–H groups in total. The molecular formula is C14H23N5O. The molecule has 2 unspecified atom stereocenters. The Balaban J connectivity index is 2.20. The van der Waals surface area contributed by atoms with Gasteiger partial charge in [-0.25, -0.2) is 15.0 Å². The van der Waals surface area contributed by atoms with Crippen LogP contribution in [0.1, 0.15) is 39.7 Å². The molecule has 0 amide bonds. The Kier molecular flexibility index (Phi) is 4.89. The number of nitrogens with one attached hydrogen (secondary N) is 1. The second-order valence-corrected chi connectivity index (χ2v) is 5.29. The number of aromatic nitrogens is 4. The summed E-state index contributed by atoms with van der Waals surface area (Å²) in [6.45, 7) is 7.29. The smallest absolute Gasteiger partial charge is 0.165 e. The van der Waals surface area contributed by atoms with Crippen LogP contribution in [0.2, 0.25) is 0 Å². The monoisotopic (exact) mass is 277 g/mol. The Morgan fingerprint density at radius 2 is 2.05 bits per heavy atom. The van der Waals surface area contributed by atoms with Crippen molar-refractivity contribution in [1.82, 2.24) is 19.5 Å². The fourth-order valence-corrected chi connectivity index (χ4v) is 2.23.